The zero-order valence-electron chi connectivity index (χ0n) is 16.9. The van der Waals surface area contributed by atoms with Crippen LogP contribution in [0.25, 0.3) is 10.6 Å². The predicted octanol–water partition coefficient (Wildman–Crippen LogP) is 5.51. The first-order valence-electron chi connectivity index (χ1n) is 9.86. The summed E-state index contributed by atoms with van der Waals surface area (Å²) < 4.78 is 39.7. The molecule has 3 amide bonds. The van der Waals surface area contributed by atoms with Crippen molar-refractivity contribution in [3.63, 3.8) is 0 Å². The highest BCUT2D eigenvalue weighted by atomic mass is 35.5. The summed E-state index contributed by atoms with van der Waals surface area (Å²) in [5, 5.41) is 14.3. The molecule has 2 N–H and O–H groups in total. The zero-order valence-corrected chi connectivity index (χ0v) is 18.5. The van der Waals surface area contributed by atoms with Crippen molar-refractivity contribution >= 4 is 45.7 Å². The maximum atomic E-state index is 13.2. The first-order chi connectivity index (χ1) is 15.7. The number of para-hydroxylation sites is 1. The van der Waals surface area contributed by atoms with Gasteiger partial charge in [-0.1, -0.05) is 47.2 Å². The van der Waals surface area contributed by atoms with Gasteiger partial charge in [0.05, 0.1) is 11.3 Å². The summed E-state index contributed by atoms with van der Waals surface area (Å²) in [6.45, 7) is 0.238. The van der Waals surface area contributed by atoms with Crippen molar-refractivity contribution in [2.75, 3.05) is 17.2 Å². The standard InChI is InChI=1S/C21H17ClF3N5O2S/c22-13-6-3-5-12(11-13)18-28-29-19(33-18)27-17(31)16-9-4-10-30(16)20(32)26-15-8-2-1-7-14(15)21(23,24)25/h1-3,5-8,11,16H,4,9-10H2,(H,26,32)(H,27,29,31). The van der Waals surface area contributed by atoms with Crippen LogP contribution in [0.15, 0.2) is 48.5 Å². The third-order valence-corrected chi connectivity index (χ3v) is 6.14. The number of hydrogen-bond donors (Lipinski definition) is 2. The number of nitrogens with zero attached hydrogens (tertiary/aromatic N) is 3. The fourth-order valence-corrected chi connectivity index (χ4v) is 4.44. The van der Waals surface area contributed by atoms with Crippen LogP contribution >= 0.6 is 22.9 Å². The minimum atomic E-state index is -4.62. The molecule has 1 aliphatic heterocycles. The van der Waals surface area contributed by atoms with Crippen LogP contribution in [-0.2, 0) is 11.0 Å². The number of urea groups is 1. The minimum absolute atomic E-state index is 0.238. The average Bonchev–Trinajstić information content (AvgIpc) is 3.43. The molecule has 0 saturated carbocycles. The Morgan fingerprint density at radius 1 is 1.09 bits per heavy atom. The van der Waals surface area contributed by atoms with E-state index in [2.05, 4.69) is 20.8 Å². The molecule has 1 unspecified atom stereocenters. The number of hydrogen-bond acceptors (Lipinski definition) is 5. The molecule has 172 valence electrons. The number of anilines is 2. The second-order valence-corrected chi connectivity index (χ2v) is 8.65. The Morgan fingerprint density at radius 2 is 1.88 bits per heavy atom. The molecule has 12 heteroatoms. The molecule has 1 saturated heterocycles. The van der Waals surface area contributed by atoms with Crippen LogP contribution in [0.3, 0.4) is 0 Å². The lowest BCUT2D eigenvalue weighted by atomic mass is 10.1. The molecule has 1 aliphatic rings. The number of halogens is 4. The number of amides is 3. The molecule has 4 rings (SSSR count). The molecule has 1 fully saturated rings. The van der Waals surface area contributed by atoms with E-state index in [0.717, 1.165) is 23.0 Å². The number of benzene rings is 2. The number of rotatable bonds is 4. The number of nitrogens with one attached hydrogen (secondary N) is 2. The molecule has 2 aromatic carbocycles. The largest absolute Gasteiger partial charge is 0.418 e. The van der Waals surface area contributed by atoms with Crippen molar-refractivity contribution in [1.82, 2.24) is 15.1 Å². The van der Waals surface area contributed by atoms with Gasteiger partial charge < -0.3 is 10.2 Å². The van der Waals surface area contributed by atoms with Crippen molar-refractivity contribution in [3.05, 3.63) is 59.1 Å². The Bertz CT molecular complexity index is 1190. The maximum absolute atomic E-state index is 13.2. The summed E-state index contributed by atoms with van der Waals surface area (Å²) in [7, 11) is 0. The van der Waals surface area contributed by atoms with Crippen LogP contribution in [0.1, 0.15) is 18.4 Å². The molecular weight excluding hydrogens is 479 g/mol. The molecular formula is C21H17ClF3N5O2S. The second kappa shape index (κ2) is 9.36. The number of alkyl halides is 3. The third kappa shape index (κ3) is 5.25. The van der Waals surface area contributed by atoms with Crippen LogP contribution in [0, 0.1) is 0 Å². The molecule has 2 heterocycles. The topological polar surface area (TPSA) is 87.2 Å². The van der Waals surface area contributed by atoms with E-state index in [1.807, 2.05) is 0 Å². The van der Waals surface area contributed by atoms with Crippen LogP contribution in [0.4, 0.5) is 28.8 Å². The van der Waals surface area contributed by atoms with E-state index < -0.39 is 29.7 Å². The lowest BCUT2D eigenvalue weighted by molar-refractivity contribution is -0.137. The first-order valence-corrected chi connectivity index (χ1v) is 11.1. The second-order valence-electron chi connectivity index (χ2n) is 7.24. The van der Waals surface area contributed by atoms with Gasteiger partial charge in [-0.15, -0.1) is 10.2 Å². The molecule has 0 bridgehead atoms. The summed E-state index contributed by atoms with van der Waals surface area (Å²) in [6, 6.07) is 10.1. The monoisotopic (exact) mass is 495 g/mol. The van der Waals surface area contributed by atoms with Crippen LogP contribution in [0.5, 0.6) is 0 Å². The van der Waals surface area contributed by atoms with Crippen molar-refractivity contribution in [2.45, 2.75) is 25.1 Å². The van der Waals surface area contributed by atoms with Gasteiger partial charge in [-0.2, -0.15) is 13.2 Å². The number of carbonyl (C=O) groups is 2. The lowest BCUT2D eigenvalue weighted by Gasteiger charge is -2.24. The normalized spacial score (nSPS) is 16.0. The van der Waals surface area contributed by atoms with E-state index in [4.69, 9.17) is 11.6 Å². The Labute approximate surface area is 195 Å². The van der Waals surface area contributed by atoms with E-state index in [0.29, 0.717) is 22.9 Å². The van der Waals surface area contributed by atoms with E-state index in [1.54, 1.807) is 24.3 Å². The number of aromatic nitrogens is 2. The molecule has 7 nitrogen and oxygen atoms in total. The van der Waals surface area contributed by atoms with Gasteiger partial charge in [0.15, 0.2) is 0 Å². The fraction of sp³-hybridized carbons (Fsp3) is 0.238. The molecule has 1 atom stereocenters. The van der Waals surface area contributed by atoms with Crippen molar-refractivity contribution in [3.8, 4) is 10.6 Å². The fourth-order valence-electron chi connectivity index (χ4n) is 3.51. The average molecular weight is 496 g/mol. The molecule has 1 aromatic heterocycles. The third-order valence-electron chi connectivity index (χ3n) is 5.02. The van der Waals surface area contributed by atoms with E-state index in [-0.39, 0.29) is 17.4 Å². The molecule has 0 radical (unpaired) electrons. The van der Waals surface area contributed by atoms with Gasteiger partial charge in [0, 0.05) is 17.1 Å². The first kappa shape index (κ1) is 23.0. The van der Waals surface area contributed by atoms with Gasteiger partial charge in [0.2, 0.25) is 11.0 Å². The summed E-state index contributed by atoms with van der Waals surface area (Å²) in [5.74, 6) is -0.486. The smallest absolute Gasteiger partial charge is 0.312 e. The lowest BCUT2D eigenvalue weighted by Crippen LogP contribution is -2.45. The molecule has 33 heavy (non-hydrogen) atoms. The summed E-state index contributed by atoms with van der Waals surface area (Å²) >= 11 is 7.13. The SMILES string of the molecule is O=C(Nc1nnc(-c2cccc(Cl)c2)s1)C1CCCN1C(=O)Nc1ccccc1C(F)(F)F. The van der Waals surface area contributed by atoms with Gasteiger partial charge in [0.25, 0.3) is 0 Å². The van der Waals surface area contributed by atoms with Crippen molar-refractivity contribution < 1.29 is 22.8 Å². The summed E-state index contributed by atoms with van der Waals surface area (Å²) in [4.78, 5) is 26.7. The van der Waals surface area contributed by atoms with E-state index >= 15 is 0 Å². The van der Waals surface area contributed by atoms with Crippen LogP contribution < -0.4 is 10.6 Å². The van der Waals surface area contributed by atoms with E-state index in [1.165, 1.54) is 23.1 Å². The quantitative estimate of drug-likeness (QED) is 0.499. The van der Waals surface area contributed by atoms with Crippen molar-refractivity contribution in [1.29, 1.82) is 0 Å². The number of likely N-dealkylation sites (tertiary alicyclic amines) is 1. The molecule has 0 spiro atoms. The van der Waals surface area contributed by atoms with Gasteiger partial charge in [-0.25, -0.2) is 4.79 Å². The van der Waals surface area contributed by atoms with Crippen LogP contribution in [0.2, 0.25) is 5.02 Å². The van der Waals surface area contributed by atoms with Crippen molar-refractivity contribution in [2.24, 2.45) is 0 Å². The molecule has 0 aliphatic carbocycles. The summed E-state index contributed by atoms with van der Waals surface area (Å²) in [6.07, 6.45) is -3.71. The predicted molar refractivity (Wildman–Crippen MR) is 119 cm³/mol. The van der Waals surface area contributed by atoms with Gasteiger partial charge in [-0.3, -0.25) is 10.1 Å². The van der Waals surface area contributed by atoms with Gasteiger partial charge in [0.1, 0.15) is 11.0 Å². The Hall–Kier alpha value is -3.18. The highest BCUT2D eigenvalue weighted by Gasteiger charge is 2.37. The Morgan fingerprint density at radius 3 is 2.64 bits per heavy atom. The Kier molecular flexibility index (Phi) is 6.52. The highest BCUT2D eigenvalue weighted by molar-refractivity contribution is 7.18. The Balaban J connectivity index is 1.44. The van der Waals surface area contributed by atoms with Gasteiger partial charge >= 0.3 is 12.2 Å². The summed E-state index contributed by atoms with van der Waals surface area (Å²) in [5.41, 5.74) is -0.581. The van der Waals surface area contributed by atoms with Crippen LogP contribution in [-0.4, -0.2) is 39.6 Å². The van der Waals surface area contributed by atoms with Gasteiger partial charge in [-0.05, 0) is 37.1 Å². The zero-order chi connectivity index (χ0) is 23.6. The molecule has 3 aromatic rings. The number of carbonyl (C=O) groups excluding carboxylic acids is 2. The maximum Gasteiger partial charge on any atom is 0.418 e. The minimum Gasteiger partial charge on any atom is -0.312 e. The van der Waals surface area contributed by atoms with E-state index in [9.17, 15) is 22.8 Å². The highest BCUT2D eigenvalue weighted by Crippen LogP contribution is 2.35.